The van der Waals surface area contributed by atoms with Gasteiger partial charge in [-0.3, -0.25) is 4.79 Å². The highest BCUT2D eigenvalue weighted by atomic mass is 16.5. The molecule has 33 heavy (non-hydrogen) atoms. The van der Waals surface area contributed by atoms with E-state index in [1.54, 1.807) is 7.11 Å². The number of rotatable bonds is 6. The molecule has 0 bridgehead atoms. The van der Waals surface area contributed by atoms with E-state index in [0.717, 1.165) is 50.6 Å². The van der Waals surface area contributed by atoms with Gasteiger partial charge in [-0.1, -0.05) is 80.9 Å². The first-order chi connectivity index (χ1) is 16.1. The Morgan fingerprint density at radius 2 is 1.73 bits per heavy atom. The number of methoxy groups -OCH3 is 1. The first-order valence-electron chi connectivity index (χ1n) is 12.3. The van der Waals surface area contributed by atoms with Gasteiger partial charge in [-0.15, -0.1) is 0 Å². The van der Waals surface area contributed by atoms with Crippen molar-refractivity contribution in [2.45, 2.75) is 51.4 Å². The lowest BCUT2D eigenvalue weighted by Crippen LogP contribution is -2.47. The van der Waals surface area contributed by atoms with Gasteiger partial charge in [0.15, 0.2) is 5.90 Å². The summed E-state index contributed by atoms with van der Waals surface area (Å²) in [5.41, 5.74) is 4.30. The van der Waals surface area contributed by atoms with Crippen LogP contribution in [-0.2, 0) is 16.0 Å². The molecule has 2 unspecified atom stereocenters. The smallest absolute Gasteiger partial charge is 0.225 e. The van der Waals surface area contributed by atoms with Gasteiger partial charge in [0.05, 0.1) is 18.7 Å². The van der Waals surface area contributed by atoms with Crippen LogP contribution in [0.2, 0.25) is 0 Å². The molecular formula is C29H36N2O2. The Morgan fingerprint density at radius 3 is 2.36 bits per heavy atom. The van der Waals surface area contributed by atoms with Crippen molar-refractivity contribution in [3.8, 4) is 0 Å². The molecule has 2 aromatic rings. The molecule has 1 aliphatic carbocycles. The van der Waals surface area contributed by atoms with E-state index in [2.05, 4.69) is 42.7 Å². The molecule has 0 radical (unpaired) electrons. The quantitative estimate of drug-likeness (QED) is 0.400. The van der Waals surface area contributed by atoms with Crippen molar-refractivity contribution in [3.63, 3.8) is 0 Å². The Bertz CT molecular complexity index is 974. The maximum absolute atomic E-state index is 13.4. The van der Waals surface area contributed by atoms with Gasteiger partial charge < -0.3 is 9.64 Å². The lowest BCUT2D eigenvalue weighted by atomic mass is 9.83. The fourth-order valence-electron chi connectivity index (χ4n) is 5.29. The van der Waals surface area contributed by atoms with Crippen molar-refractivity contribution in [1.29, 1.82) is 0 Å². The second-order valence-corrected chi connectivity index (χ2v) is 9.42. The molecule has 2 fully saturated rings. The number of aryl methyl sites for hydroxylation is 1. The highest BCUT2D eigenvalue weighted by molar-refractivity contribution is 5.86. The van der Waals surface area contributed by atoms with Crippen LogP contribution >= 0.6 is 0 Å². The van der Waals surface area contributed by atoms with Crippen LogP contribution in [0.4, 0.5) is 0 Å². The molecule has 1 aliphatic heterocycles. The van der Waals surface area contributed by atoms with Crippen LogP contribution in [-0.4, -0.2) is 36.9 Å². The average Bonchev–Trinajstić information content (AvgIpc) is 3.42. The van der Waals surface area contributed by atoms with Crippen LogP contribution in [0.25, 0.3) is 5.70 Å². The van der Waals surface area contributed by atoms with E-state index < -0.39 is 0 Å². The summed E-state index contributed by atoms with van der Waals surface area (Å²) in [5.74, 6) is 1.47. The monoisotopic (exact) mass is 444 g/mol. The molecule has 4 rings (SSSR count). The van der Waals surface area contributed by atoms with Crippen molar-refractivity contribution in [1.82, 2.24) is 4.90 Å². The number of ether oxygens (including phenoxy) is 1. The van der Waals surface area contributed by atoms with Crippen molar-refractivity contribution < 1.29 is 9.53 Å². The maximum Gasteiger partial charge on any atom is 0.225 e. The van der Waals surface area contributed by atoms with Crippen LogP contribution in [0.15, 0.2) is 66.2 Å². The van der Waals surface area contributed by atoms with Crippen molar-refractivity contribution >= 4 is 17.5 Å². The summed E-state index contributed by atoms with van der Waals surface area (Å²) >= 11 is 0. The molecule has 4 heteroatoms. The molecule has 0 aromatic heterocycles. The molecule has 1 saturated heterocycles. The van der Waals surface area contributed by atoms with Crippen LogP contribution in [0.3, 0.4) is 0 Å². The third-order valence-corrected chi connectivity index (χ3v) is 7.24. The maximum atomic E-state index is 13.4. The molecule has 2 aromatic carbocycles. The largest absolute Gasteiger partial charge is 0.484 e. The summed E-state index contributed by atoms with van der Waals surface area (Å²) < 4.78 is 5.81. The molecule has 1 heterocycles. The Hall–Kier alpha value is -2.88. The number of piperidine rings is 1. The predicted molar refractivity (Wildman–Crippen MR) is 135 cm³/mol. The van der Waals surface area contributed by atoms with E-state index in [1.165, 1.54) is 11.1 Å². The fraction of sp³-hybridized carbons (Fsp3) is 0.448. The summed E-state index contributed by atoms with van der Waals surface area (Å²) in [7, 11) is 1.68. The number of hydrogen-bond donors (Lipinski definition) is 0. The van der Waals surface area contributed by atoms with Gasteiger partial charge in [-0.25, -0.2) is 4.99 Å². The van der Waals surface area contributed by atoms with Gasteiger partial charge in [0.25, 0.3) is 0 Å². The van der Waals surface area contributed by atoms with E-state index in [-0.39, 0.29) is 17.8 Å². The zero-order valence-corrected chi connectivity index (χ0v) is 20.0. The number of carbonyl (C=O) groups is 1. The van der Waals surface area contributed by atoms with Gasteiger partial charge in [0, 0.05) is 24.9 Å². The standard InChI is InChI=1S/C29H36N2O2/c1-4-22-14-16-24(17-15-22)26-18-27(20-31(19-26)29(32)25-12-8-9-13-25)28(33-3)30-21(2)23-10-6-5-7-11-23/h5-7,10-11,14-17,25-27H,2,4,8-9,12-13,18-20H2,1,3H3. The first-order valence-corrected chi connectivity index (χ1v) is 12.3. The lowest BCUT2D eigenvalue weighted by molar-refractivity contribution is -0.137. The van der Waals surface area contributed by atoms with Crippen molar-refractivity contribution in [2.24, 2.45) is 16.8 Å². The number of hydrogen-bond acceptors (Lipinski definition) is 3. The lowest BCUT2D eigenvalue weighted by Gasteiger charge is -2.39. The SMILES string of the molecule is C=C(N=C(OC)C1CC(c2ccc(CC)cc2)CN(C(=O)C2CCCC2)C1)c1ccccc1. The van der Waals surface area contributed by atoms with Gasteiger partial charge in [-0.05, 0) is 42.4 Å². The van der Waals surface area contributed by atoms with E-state index in [4.69, 9.17) is 9.73 Å². The number of carbonyl (C=O) groups excluding carboxylic acids is 1. The zero-order chi connectivity index (χ0) is 23.2. The van der Waals surface area contributed by atoms with Gasteiger partial charge in [0.1, 0.15) is 0 Å². The molecule has 2 atom stereocenters. The average molecular weight is 445 g/mol. The minimum atomic E-state index is 0.0467. The summed E-state index contributed by atoms with van der Waals surface area (Å²) in [6, 6.07) is 18.9. The van der Waals surface area contributed by atoms with Gasteiger partial charge in [-0.2, -0.15) is 0 Å². The van der Waals surface area contributed by atoms with Crippen molar-refractivity contribution in [3.05, 3.63) is 77.9 Å². The number of nitrogens with zero attached hydrogens (tertiary/aromatic N) is 2. The molecule has 1 saturated carbocycles. The van der Waals surface area contributed by atoms with Crippen LogP contribution in [0.1, 0.15) is 61.6 Å². The predicted octanol–water partition coefficient (Wildman–Crippen LogP) is 6.09. The molecule has 1 amide bonds. The van der Waals surface area contributed by atoms with Crippen LogP contribution in [0.5, 0.6) is 0 Å². The first kappa shape index (κ1) is 23.3. The minimum absolute atomic E-state index is 0.0467. The van der Waals surface area contributed by atoms with Crippen LogP contribution in [0, 0.1) is 11.8 Å². The molecule has 0 spiro atoms. The van der Waals surface area contributed by atoms with Gasteiger partial charge >= 0.3 is 0 Å². The normalized spacial score (nSPS) is 21.8. The van der Waals surface area contributed by atoms with Crippen molar-refractivity contribution in [2.75, 3.05) is 20.2 Å². The Kier molecular flexibility index (Phi) is 7.64. The van der Waals surface area contributed by atoms with E-state index in [9.17, 15) is 4.79 Å². The number of benzene rings is 2. The zero-order valence-electron chi connectivity index (χ0n) is 20.0. The summed E-state index contributed by atoms with van der Waals surface area (Å²) in [5, 5.41) is 0. The Morgan fingerprint density at radius 1 is 1.03 bits per heavy atom. The van der Waals surface area contributed by atoms with E-state index >= 15 is 0 Å². The fourth-order valence-corrected chi connectivity index (χ4v) is 5.29. The Labute approximate surface area is 198 Å². The van der Waals surface area contributed by atoms with E-state index in [1.807, 2.05) is 30.3 Å². The molecule has 2 aliphatic rings. The topological polar surface area (TPSA) is 41.9 Å². The third kappa shape index (κ3) is 5.55. The third-order valence-electron chi connectivity index (χ3n) is 7.24. The molecule has 4 nitrogen and oxygen atoms in total. The van der Waals surface area contributed by atoms with Crippen LogP contribution < -0.4 is 0 Å². The second kappa shape index (κ2) is 10.8. The number of aliphatic imine (C=N–C) groups is 1. The number of amides is 1. The van der Waals surface area contributed by atoms with E-state index in [0.29, 0.717) is 24.0 Å². The summed E-state index contributed by atoms with van der Waals surface area (Å²) in [6.45, 7) is 7.78. The molecule has 174 valence electrons. The number of likely N-dealkylation sites (tertiary alicyclic amines) is 1. The minimum Gasteiger partial charge on any atom is -0.484 e. The highest BCUT2D eigenvalue weighted by Gasteiger charge is 2.37. The second-order valence-electron chi connectivity index (χ2n) is 9.42. The highest BCUT2D eigenvalue weighted by Crippen LogP contribution is 2.35. The van der Waals surface area contributed by atoms with Gasteiger partial charge in [0.2, 0.25) is 5.91 Å². The molecule has 0 N–H and O–H groups in total. The molecular weight excluding hydrogens is 408 g/mol. The summed E-state index contributed by atoms with van der Waals surface area (Å²) in [6.07, 6.45) is 6.31. The Balaban J connectivity index is 1.60. The summed E-state index contributed by atoms with van der Waals surface area (Å²) in [4.78, 5) is 20.3.